The molecule has 1 saturated heterocycles. The smallest absolute Gasteiger partial charge is 0.218 e. The molecule has 2 rings (SSSR count). The van der Waals surface area contributed by atoms with E-state index in [1.54, 1.807) is 28.8 Å². The quantitative estimate of drug-likeness (QED) is 0.887. The van der Waals surface area contributed by atoms with Gasteiger partial charge in [-0.2, -0.15) is 4.31 Å². The van der Waals surface area contributed by atoms with E-state index in [0.717, 1.165) is 5.56 Å². The van der Waals surface area contributed by atoms with Gasteiger partial charge in [-0.05, 0) is 18.6 Å². The average molecular weight is 292 g/mol. The van der Waals surface area contributed by atoms with Crippen molar-refractivity contribution in [1.29, 1.82) is 0 Å². The van der Waals surface area contributed by atoms with Crippen molar-refractivity contribution in [2.45, 2.75) is 18.7 Å². The summed E-state index contributed by atoms with van der Waals surface area (Å²) in [5, 5.41) is 3.23. The number of hydrogen-bond donors (Lipinski definition) is 1. The van der Waals surface area contributed by atoms with Crippen LogP contribution in [0.4, 0.5) is 0 Å². The third-order valence-electron chi connectivity index (χ3n) is 2.80. The topological polar surface area (TPSA) is 62.3 Å². The summed E-state index contributed by atoms with van der Waals surface area (Å²) in [5.41, 5.74) is 0.735. The van der Waals surface area contributed by atoms with Gasteiger partial charge >= 0.3 is 0 Å². The Kier molecular flexibility index (Phi) is 5.52. The van der Waals surface area contributed by atoms with Crippen LogP contribution in [0.15, 0.2) is 24.5 Å². The first-order valence-electron chi connectivity index (χ1n) is 5.68. The molecule has 1 aromatic heterocycles. The summed E-state index contributed by atoms with van der Waals surface area (Å²) >= 11 is 0. The summed E-state index contributed by atoms with van der Waals surface area (Å²) in [6.07, 6.45) is 3.24. The molecule has 0 radical (unpaired) electrons. The predicted molar refractivity (Wildman–Crippen MR) is 73.1 cm³/mol. The fraction of sp³-hybridized carbons (Fsp3) is 0.545. The van der Waals surface area contributed by atoms with E-state index in [2.05, 4.69) is 10.3 Å². The SMILES string of the molecule is CC1CN(S(=O)(=O)Cc2cccnc2)CCN1.Cl. The van der Waals surface area contributed by atoms with E-state index in [1.165, 1.54) is 0 Å². The first-order chi connectivity index (χ1) is 8.08. The number of piperazine rings is 1. The molecule has 18 heavy (non-hydrogen) atoms. The Morgan fingerprint density at radius 2 is 2.33 bits per heavy atom. The fourth-order valence-electron chi connectivity index (χ4n) is 1.93. The summed E-state index contributed by atoms with van der Waals surface area (Å²) in [4.78, 5) is 3.93. The van der Waals surface area contributed by atoms with Crippen LogP contribution in [0.2, 0.25) is 0 Å². The third-order valence-corrected chi connectivity index (χ3v) is 4.61. The molecule has 7 heteroatoms. The van der Waals surface area contributed by atoms with Crippen LogP contribution in [0.1, 0.15) is 12.5 Å². The maximum atomic E-state index is 12.2. The van der Waals surface area contributed by atoms with Crippen molar-refractivity contribution >= 4 is 22.4 Å². The Hall–Kier alpha value is -0.690. The monoisotopic (exact) mass is 291 g/mol. The lowest BCUT2D eigenvalue weighted by Gasteiger charge is -2.30. The molecule has 1 unspecified atom stereocenters. The van der Waals surface area contributed by atoms with Crippen LogP contribution < -0.4 is 5.32 Å². The van der Waals surface area contributed by atoms with Crippen LogP contribution >= 0.6 is 12.4 Å². The van der Waals surface area contributed by atoms with E-state index >= 15 is 0 Å². The van der Waals surface area contributed by atoms with Crippen molar-refractivity contribution in [3.63, 3.8) is 0 Å². The highest BCUT2D eigenvalue weighted by Crippen LogP contribution is 2.12. The molecule has 1 aliphatic heterocycles. The molecule has 5 nitrogen and oxygen atoms in total. The molecule has 0 spiro atoms. The van der Waals surface area contributed by atoms with Gasteiger partial charge in [0.1, 0.15) is 0 Å². The van der Waals surface area contributed by atoms with Gasteiger partial charge in [0.2, 0.25) is 10.0 Å². The number of aromatic nitrogens is 1. The van der Waals surface area contributed by atoms with Crippen molar-refractivity contribution in [2.75, 3.05) is 19.6 Å². The summed E-state index contributed by atoms with van der Waals surface area (Å²) in [7, 11) is -3.22. The normalized spacial score (nSPS) is 21.3. The lowest BCUT2D eigenvalue weighted by atomic mass is 10.3. The fourth-order valence-corrected chi connectivity index (χ4v) is 3.53. The number of pyridine rings is 1. The molecule has 1 fully saturated rings. The molecule has 0 amide bonds. The highest BCUT2D eigenvalue weighted by molar-refractivity contribution is 7.88. The molecule has 2 heterocycles. The van der Waals surface area contributed by atoms with Crippen LogP contribution in [0, 0.1) is 0 Å². The van der Waals surface area contributed by atoms with E-state index in [0.29, 0.717) is 19.6 Å². The predicted octanol–water partition coefficient (Wildman–Crippen LogP) is 0.627. The van der Waals surface area contributed by atoms with Gasteiger partial charge < -0.3 is 5.32 Å². The van der Waals surface area contributed by atoms with Gasteiger partial charge in [-0.15, -0.1) is 12.4 Å². The summed E-state index contributed by atoms with van der Waals surface area (Å²) in [6.45, 7) is 3.80. The molecule has 102 valence electrons. The van der Waals surface area contributed by atoms with Gasteiger partial charge in [-0.25, -0.2) is 8.42 Å². The number of nitrogens with zero attached hydrogens (tertiary/aromatic N) is 2. The number of nitrogens with one attached hydrogen (secondary N) is 1. The molecule has 0 saturated carbocycles. The number of halogens is 1. The summed E-state index contributed by atoms with van der Waals surface area (Å²) in [6, 6.07) is 3.76. The van der Waals surface area contributed by atoms with Crippen molar-refractivity contribution in [1.82, 2.24) is 14.6 Å². The molecule has 0 aliphatic carbocycles. The van der Waals surface area contributed by atoms with E-state index in [4.69, 9.17) is 0 Å². The first-order valence-corrected chi connectivity index (χ1v) is 7.29. The lowest BCUT2D eigenvalue weighted by Crippen LogP contribution is -2.51. The van der Waals surface area contributed by atoms with Crippen molar-refractivity contribution < 1.29 is 8.42 Å². The zero-order chi connectivity index (χ0) is 12.3. The first kappa shape index (κ1) is 15.4. The highest BCUT2D eigenvalue weighted by atomic mass is 35.5. The number of sulfonamides is 1. The minimum atomic E-state index is -3.22. The Labute approximate surface area is 114 Å². The molecular formula is C11H18ClN3O2S. The van der Waals surface area contributed by atoms with E-state index in [-0.39, 0.29) is 24.2 Å². The van der Waals surface area contributed by atoms with Crippen LogP contribution in [0.5, 0.6) is 0 Å². The van der Waals surface area contributed by atoms with Gasteiger partial charge in [0.05, 0.1) is 5.75 Å². The number of rotatable bonds is 3. The molecule has 0 aromatic carbocycles. The molecule has 1 aliphatic rings. The average Bonchev–Trinajstić information content (AvgIpc) is 2.30. The van der Waals surface area contributed by atoms with Gasteiger partial charge in [0.25, 0.3) is 0 Å². The highest BCUT2D eigenvalue weighted by Gasteiger charge is 2.26. The minimum Gasteiger partial charge on any atom is -0.312 e. The summed E-state index contributed by atoms with van der Waals surface area (Å²) in [5.74, 6) is 0.0353. The molecule has 1 aromatic rings. The van der Waals surface area contributed by atoms with Crippen LogP contribution in [-0.2, 0) is 15.8 Å². The molecule has 0 bridgehead atoms. The Morgan fingerprint density at radius 3 is 2.94 bits per heavy atom. The standard InChI is InChI=1S/C11H17N3O2S.ClH/c1-10-8-14(6-5-13-10)17(15,16)9-11-3-2-4-12-7-11;/h2-4,7,10,13H,5-6,8-9H2,1H3;1H. The second kappa shape index (κ2) is 6.47. The van der Waals surface area contributed by atoms with Gasteiger partial charge in [-0.3, -0.25) is 4.98 Å². The Bertz CT molecular complexity index is 466. The van der Waals surface area contributed by atoms with E-state index in [1.807, 2.05) is 6.92 Å². The summed E-state index contributed by atoms with van der Waals surface area (Å²) < 4.78 is 25.9. The maximum Gasteiger partial charge on any atom is 0.218 e. The van der Waals surface area contributed by atoms with Crippen molar-refractivity contribution in [3.05, 3.63) is 30.1 Å². The molecular weight excluding hydrogens is 274 g/mol. The van der Waals surface area contributed by atoms with E-state index < -0.39 is 10.0 Å². The largest absolute Gasteiger partial charge is 0.312 e. The number of hydrogen-bond acceptors (Lipinski definition) is 4. The maximum absolute atomic E-state index is 12.2. The Morgan fingerprint density at radius 1 is 1.56 bits per heavy atom. The van der Waals surface area contributed by atoms with Crippen LogP contribution in [0.3, 0.4) is 0 Å². The van der Waals surface area contributed by atoms with Gasteiger partial charge in [-0.1, -0.05) is 6.07 Å². The zero-order valence-electron chi connectivity index (χ0n) is 10.2. The second-order valence-corrected chi connectivity index (χ2v) is 6.30. The second-order valence-electron chi connectivity index (χ2n) is 4.33. The van der Waals surface area contributed by atoms with Crippen molar-refractivity contribution in [3.8, 4) is 0 Å². The minimum absolute atomic E-state index is 0. The lowest BCUT2D eigenvalue weighted by molar-refractivity contribution is 0.310. The Balaban J connectivity index is 0.00000162. The van der Waals surface area contributed by atoms with Crippen LogP contribution in [-0.4, -0.2) is 43.4 Å². The van der Waals surface area contributed by atoms with Gasteiger partial charge in [0.15, 0.2) is 0 Å². The zero-order valence-corrected chi connectivity index (χ0v) is 11.9. The van der Waals surface area contributed by atoms with Crippen LogP contribution in [0.25, 0.3) is 0 Å². The van der Waals surface area contributed by atoms with Crippen molar-refractivity contribution in [2.24, 2.45) is 0 Å². The third kappa shape index (κ3) is 3.91. The molecule has 1 N–H and O–H groups in total. The van der Waals surface area contributed by atoms with Gasteiger partial charge in [0, 0.05) is 38.1 Å². The van der Waals surface area contributed by atoms with E-state index in [9.17, 15) is 8.42 Å². The molecule has 1 atom stereocenters.